The molecule has 0 aromatic heterocycles. The molecule has 2 aromatic rings. The van der Waals surface area contributed by atoms with Crippen LogP contribution in [0.15, 0.2) is 42.5 Å². The number of nitrogens with one attached hydrogen (secondary N) is 2. The number of hydrogen-bond acceptors (Lipinski definition) is 2. The topological polar surface area (TPSA) is 58.2 Å². The van der Waals surface area contributed by atoms with E-state index in [1.54, 1.807) is 18.2 Å². The van der Waals surface area contributed by atoms with Crippen molar-refractivity contribution >= 4 is 23.4 Å². The molecule has 0 spiro atoms. The molecule has 7 heteroatoms. The number of carbonyl (C=O) groups is 2. The highest BCUT2D eigenvalue weighted by Crippen LogP contribution is 2.19. The summed E-state index contributed by atoms with van der Waals surface area (Å²) < 4.78 is 26.5. The number of carbonyl (C=O) groups excluding carboxylic acids is 2. The van der Waals surface area contributed by atoms with Crippen molar-refractivity contribution in [2.24, 2.45) is 0 Å². The molecular formula is C18H17ClF2N2O2. The molecule has 0 saturated carbocycles. The Bertz CT molecular complexity index is 783. The van der Waals surface area contributed by atoms with Crippen LogP contribution in [-0.2, 0) is 16.0 Å². The molecular weight excluding hydrogens is 350 g/mol. The van der Waals surface area contributed by atoms with Crippen LogP contribution < -0.4 is 10.6 Å². The Labute approximate surface area is 149 Å². The third-order valence-electron chi connectivity index (χ3n) is 3.67. The van der Waals surface area contributed by atoms with Crippen molar-refractivity contribution in [1.29, 1.82) is 0 Å². The lowest BCUT2D eigenvalue weighted by Crippen LogP contribution is -2.39. The van der Waals surface area contributed by atoms with E-state index in [9.17, 15) is 18.4 Å². The summed E-state index contributed by atoms with van der Waals surface area (Å²) in [7, 11) is 1.39. The fourth-order valence-electron chi connectivity index (χ4n) is 2.32. The second kappa shape index (κ2) is 8.58. The first-order valence-electron chi connectivity index (χ1n) is 7.61. The van der Waals surface area contributed by atoms with Crippen LogP contribution in [0.25, 0.3) is 0 Å². The summed E-state index contributed by atoms with van der Waals surface area (Å²) in [5.74, 6) is -3.04. The maximum atomic E-state index is 13.4. The van der Waals surface area contributed by atoms with Gasteiger partial charge in [-0.2, -0.15) is 0 Å². The molecule has 0 heterocycles. The fourth-order valence-corrected chi connectivity index (χ4v) is 2.55. The van der Waals surface area contributed by atoms with Crippen LogP contribution in [0.1, 0.15) is 23.6 Å². The van der Waals surface area contributed by atoms with Crippen LogP contribution in [0.5, 0.6) is 0 Å². The Morgan fingerprint density at radius 2 is 1.84 bits per heavy atom. The number of hydrogen-bond donors (Lipinski definition) is 2. The lowest BCUT2D eigenvalue weighted by Gasteiger charge is -2.18. The first kappa shape index (κ1) is 18.9. The molecule has 0 aliphatic heterocycles. The summed E-state index contributed by atoms with van der Waals surface area (Å²) >= 11 is 6.04. The van der Waals surface area contributed by atoms with Gasteiger partial charge in [-0.15, -0.1) is 0 Å². The summed E-state index contributed by atoms with van der Waals surface area (Å²) in [6, 6.07) is 9.08. The molecule has 1 atom stereocenters. The second-order valence-corrected chi connectivity index (χ2v) is 5.79. The second-order valence-electron chi connectivity index (χ2n) is 5.38. The SMILES string of the molecule is CNC(=O)C(NC(=O)CCc1ccccc1Cl)c1ccc(F)c(F)c1. The van der Waals surface area contributed by atoms with Gasteiger partial charge in [0, 0.05) is 18.5 Å². The maximum Gasteiger partial charge on any atom is 0.246 e. The van der Waals surface area contributed by atoms with Crippen molar-refractivity contribution in [2.45, 2.75) is 18.9 Å². The number of halogens is 3. The molecule has 0 radical (unpaired) electrons. The monoisotopic (exact) mass is 366 g/mol. The molecule has 0 aliphatic rings. The minimum Gasteiger partial charge on any atom is -0.357 e. The van der Waals surface area contributed by atoms with Crippen LogP contribution in [-0.4, -0.2) is 18.9 Å². The Hall–Kier alpha value is -2.47. The molecule has 2 aromatic carbocycles. The van der Waals surface area contributed by atoms with E-state index >= 15 is 0 Å². The first-order valence-corrected chi connectivity index (χ1v) is 7.99. The maximum absolute atomic E-state index is 13.4. The van der Waals surface area contributed by atoms with Crippen LogP contribution in [0.4, 0.5) is 8.78 Å². The van der Waals surface area contributed by atoms with Gasteiger partial charge in [0.2, 0.25) is 11.8 Å². The van der Waals surface area contributed by atoms with Crippen molar-refractivity contribution in [2.75, 3.05) is 7.05 Å². The summed E-state index contributed by atoms with van der Waals surface area (Å²) in [6.07, 6.45) is 0.491. The van der Waals surface area contributed by atoms with Gasteiger partial charge in [0.05, 0.1) is 0 Å². The third kappa shape index (κ3) is 5.00. The molecule has 0 saturated heterocycles. The lowest BCUT2D eigenvalue weighted by atomic mass is 10.0. The molecule has 0 fully saturated rings. The summed E-state index contributed by atoms with van der Waals surface area (Å²) in [5.41, 5.74) is 0.966. The van der Waals surface area contributed by atoms with Crippen molar-refractivity contribution in [3.8, 4) is 0 Å². The zero-order valence-corrected chi connectivity index (χ0v) is 14.2. The van der Waals surface area contributed by atoms with Crippen molar-refractivity contribution in [3.63, 3.8) is 0 Å². The highest BCUT2D eigenvalue weighted by atomic mass is 35.5. The molecule has 132 valence electrons. The van der Waals surface area contributed by atoms with E-state index in [-0.39, 0.29) is 12.0 Å². The van der Waals surface area contributed by atoms with Gasteiger partial charge in [0.25, 0.3) is 0 Å². The van der Waals surface area contributed by atoms with E-state index in [1.807, 2.05) is 6.07 Å². The Morgan fingerprint density at radius 1 is 1.12 bits per heavy atom. The van der Waals surface area contributed by atoms with Crippen molar-refractivity contribution < 1.29 is 18.4 Å². The van der Waals surface area contributed by atoms with E-state index in [1.165, 1.54) is 13.1 Å². The molecule has 4 nitrogen and oxygen atoms in total. The first-order chi connectivity index (χ1) is 11.9. The van der Waals surface area contributed by atoms with Gasteiger partial charge < -0.3 is 10.6 Å². The summed E-state index contributed by atoms with van der Waals surface area (Å²) in [6.45, 7) is 0. The molecule has 2 N–H and O–H groups in total. The highest BCUT2D eigenvalue weighted by Gasteiger charge is 2.23. The number of likely N-dealkylation sites (N-methyl/N-ethyl adjacent to an activating group) is 1. The highest BCUT2D eigenvalue weighted by molar-refractivity contribution is 6.31. The Balaban J connectivity index is 2.08. The smallest absolute Gasteiger partial charge is 0.246 e. The lowest BCUT2D eigenvalue weighted by molar-refractivity contribution is -0.128. The largest absolute Gasteiger partial charge is 0.357 e. The minimum atomic E-state index is -1.11. The molecule has 2 rings (SSSR count). The van der Waals surface area contributed by atoms with E-state index < -0.39 is 29.5 Å². The van der Waals surface area contributed by atoms with E-state index in [2.05, 4.69) is 10.6 Å². The Kier molecular flexibility index (Phi) is 6.47. The van der Waals surface area contributed by atoms with E-state index in [4.69, 9.17) is 11.6 Å². The molecule has 1 unspecified atom stereocenters. The number of benzene rings is 2. The van der Waals surface area contributed by atoms with Gasteiger partial charge >= 0.3 is 0 Å². The predicted octanol–water partition coefficient (Wildman–Crippen LogP) is 3.15. The van der Waals surface area contributed by atoms with Gasteiger partial charge in [-0.3, -0.25) is 9.59 Å². The quantitative estimate of drug-likeness (QED) is 0.825. The normalized spacial score (nSPS) is 11.7. The van der Waals surface area contributed by atoms with E-state index in [0.29, 0.717) is 11.4 Å². The van der Waals surface area contributed by atoms with Crippen LogP contribution in [0, 0.1) is 11.6 Å². The predicted molar refractivity (Wildman–Crippen MR) is 91.1 cm³/mol. The standard InChI is InChI=1S/C18H17ClF2N2O2/c1-22-18(25)17(12-6-8-14(20)15(21)10-12)23-16(24)9-7-11-4-2-3-5-13(11)19/h2-6,8,10,17H,7,9H2,1H3,(H,22,25)(H,23,24). The van der Waals surface area contributed by atoms with Crippen LogP contribution >= 0.6 is 11.6 Å². The fraction of sp³-hybridized carbons (Fsp3) is 0.222. The summed E-state index contributed by atoms with van der Waals surface area (Å²) in [5, 5.41) is 5.49. The van der Waals surface area contributed by atoms with Crippen molar-refractivity contribution in [1.82, 2.24) is 10.6 Å². The van der Waals surface area contributed by atoms with E-state index in [0.717, 1.165) is 17.7 Å². The minimum absolute atomic E-state index is 0.0981. The van der Waals surface area contributed by atoms with Gasteiger partial charge in [0.1, 0.15) is 6.04 Å². The van der Waals surface area contributed by atoms with Gasteiger partial charge in [0.15, 0.2) is 11.6 Å². The van der Waals surface area contributed by atoms with Crippen molar-refractivity contribution in [3.05, 3.63) is 70.2 Å². The van der Waals surface area contributed by atoms with Crippen LogP contribution in [0.3, 0.4) is 0 Å². The van der Waals surface area contributed by atoms with Gasteiger partial charge in [-0.05, 0) is 35.7 Å². The zero-order chi connectivity index (χ0) is 18.4. The average Bonchev–Trinajstić information content (AvgIpc) is 2.61. The molecule has 2 amide bonds. The molecule has 0 bridgehead atoms. The third-order valence-corrected chi connectivity index (χ3v) is 4.04. The van der Waals surface area contributed by atoms with Crippen LogP contribution in [0.2, 0.25) is 5.02 Å². The Morgan fingerprint density at radius 3 is 2.48 bits per heavy atom. The molecule has 0 aliphatic carbocycles. The van der Waals surface area contributed by atoms with Gasteiger partial charge in [-0.1, -0.05) is 35.9 Å². The summed E-state index contributed by atoms with van der Waals surface area (Å²) in [4.78, 5) is 24.2. The van der Waals surface area contributed by atoms with Gasteiger partial charge in [-0.25, -0.2) is 8.78 Å². The average molecular weight is 367 g/mol. The zero-order valence-electron chi connectivity index (χ0n) is 13.5. The number of amides is 2. The molecule has 25 heavy (non-hydrogen) atoms. The number of rotatable bonds is 6. The number of aryl methyl sites for hydroxylation is 1.